The molecule has 3 rings (SSSR count). The molecule has 23 heavy (non-hydrogen) atoms. The first-order valence-corrected chi connectivity index (χ1v) is 7.91. The van der Waals surface area contributed by atoms with Gasteiger partial charge in [-0.25, -0.2) is 4.39 Å². The predicted molar refractivity (Wildman–Crippen MR) is 86.8 cm³/mol. The topological polar surface area (TPSA) is 38.3 Å². The Morgan fingerprint density at radius 1 is 1.22 bits per heavy atom. The molecule has 5 heteroatoms. The first-order valence-electron chi connectivity index (χ1n) is 7.53. The Morgan fingerprint density at radius 2 is 1.96 bits per heavy atom. The van der Waals surface area contributed by atoms with Crippen LogP contribution < -0.4 is 5.32 Å². The smallest absolute Gasteiger partial charge is 0.226 e. The van der Waals surface area contributed by atoms with E-state index in [0.29, 0.717) is 24.7 Å². The lowest BCUT2D eigenvalue weighted by atomic mass is 9.97. The molecule has 0 aromatic heterocycles. The minimum atomic E-state index is -0.419. The predicted octanol–water partition coefficient (Wildman–Crippen LogP) is 3.72. The van der Waals surface area contributed by atoms with Crippen LogP contribution in [0.5, 0.6) is 0 Å². The van der Waals surface area contributed by atoms with Gasteiger partial charge in [-0.1, -0.05) is 41.9 Å². The molecule has 0 bridgehead atoms. The number of benzene rings is 2. The van der Waals surface area contributed by atoms with Crippen LogP contribution in [0.4, 0.5) is 4.39 Å². The summed E-state index contributed by atoms with van der Waals surface area (Å²) < 4.78 is 18.5. The lowest BCUT2D eigenvalue weighted by Crippen LogP contribution is -2.35. The SMILES string of the molecule is O=C(NC(c1ccc(F)cc1)c1ccccc1Cl)C1CCOC1. The highest BCUT2D eigenvalue weighted by Crippen LogP contribution is 2.29. The molecule has 2 atom stereocenters. The number of carbonyl (C=O) groups excluding carboxylic acids is 1. The molecule has 1 saturated heterocycles. The van der Waals surface area contributed by atoms with E-state index in [0.717, 1.165) is 11.1 Å². The number of hydrogen-bond acceptors (Lipinski definition) is 2. The van der Waals surface area contributed by atoms with E-state index in [4.69, 9.17) is 16.3 Å². The molecule has 2 aromatic carbocycles. The van der Waals surface area contributed by atoms with Crippen molar-refractivity contribution in [1.29, 1.82) is 0 Å². The summed E-state index contributed by atoms with van der Waals surface area (Å²) in [5.41, 5.74) is 1.57. The number of ether oxygens (including phenoxy) is 1. The molecule has 1 fully saturated rings. The largest absolute Gasteiger partial charge is 0.381 e. The normalized spacial score (nSPS) is 18.6. The van der Waals surface area contributed by atoms with Crippen LogP contribution in [-0.2, 0) is 9.53 Å². The van der Waals surface area contributed by atoms with Gasteiger partial charge in [0.1, 0.15) is 5.82 Å². The summed E-state index contributed by atoms with van der Waals surface area (Å²) in [6.45, 7) is 1.04. The first kappa shape index (κ1) is 16.0. The molecule has 1 aliphatic rings. The van der Waals surface area contributed by atoms with E-state index in [-0.39, 0.29) is 17.6 Å². The van der Waals surface area contributed by atoms with E-state index in [1.165, 1.54) is 12.1 Å². The van der Waals surface area contributed by atoms with E-state index in [1.807, 2.05) is 18.2 Å². The standard InChI is InChI=1S/C18H17ClFNO2/c19-16-4-2-1-3-15(16)17(12-5-7-14(20)8-6-12)21-18(22)13-9-10-23-11-13/h1-8,13,17H,9-11H2,(H,21,22). The molecule has 1 N–H and O–H groups in total. The van der Waals surface area contributed by atoms with Crippen molar-refractivity contribution in [2.75, 3.05) is 13.2 Å². The third-order valence-corrected chi connectivity index (χ3v) is 4.35. The molecular formula is C18H17ClFNO2. The van der Waals surface area contributed by atoms with Crippen LogP contribution in [0, 0.1) is 11.7 Å². The van der Waals surface area contributed by atoms with E-state index >= 15 is 0 Å². The van der Waals surface area contributed by atoms with Gasteiger partial charge in [-0.3, -0.25) is 4.79 Å². The molecule has 0 spiro atoms. The minimum Gasteiger partial charge on any atom is -0.381 e. The Kier molecular flexibility index (Phi) is 4.94. The van der Waals surface area contributed by atoms with Crippen molar-refractivity contribution >= 4 is 17.5 Å². The van der Waals surface area contributed by atoms with Crippen LogP contribution >= 0.6 is 11.6 Å². The van der Waals surface area contributed by atoms with Gasteiger partial charge in [0.25, 0.3) is 0 Å². The van der Waals surface area contributed by atoms with E-state index in [2.05, 4.69) is 5.32 Å². The van der Waals surface area contributed by atoms with Gasteiger partial charge in [-0.05, 0) is 35.7 Å². The van der Waals surface area contributed by atoms with Gasteiger partial charge in [0.05, 0.1) is 18.6 Å². The van der Waals surface area contributed by atoms with Crippen LogP contribution in [-0.4, -0.2) is 19.1 Å². The van der Waals surface area contributed by atoms with Crippen LogP contribution in [0.2, 0.25) is 5.02 Å². The summed E-state index contributed by atoms with van der Waals surface area (Å²) >= 11 is 6.29. The molecule has 3 nitrogen and oxygen atoms in total. The maximum absolute atomic E-state index is 13.2. The highest BCUT2D eigenvalue weighted by atomic mass is 35.5. The van der Waals surface area contributed by atoms with E-state index in [9.17, 15) is 9.18 Å². The lowest BCUT2D eigenvalue weighted by Gasteiger charge is -2.22. The molecule has 0 saturated carbocycles. The van der Waals surface area contributed by atoms with Gasteiger partial charge >= 0.3 is 0 Å². The second-order valence-corrected chi connectivity index (χ2v) is 5.98. The molecule has 1 amide bonds. The molecule has 2 unspecified atom stereocenters. The summed E-state index contributed by atoms with van der Waals surface area (Å²) in [7, 11) is 0. The Bertz CT molecular complexity index is 684. The van der Waals surface area contributed by atoms with Gasteiger partial charge in [-0.15, -0.1) is 0 Å². The van der Waals surface area contributed by atoms with Gasteiger partial charge in [0.15, 0.2) is 0 Å². The van der Waals surface area contributed by atoms with Crippen molar-refractivity contribution in [2.24, 2.45) is 5.92 Å². The molecular weight excluding hydrogens is 317 g/mol. The van der Waals surface area contributed by atoms with Gasteiger partial charge in [0.2, 0.25) is 5.91 Å². The number of halogens is 2. The average Bonchev–Trinajstić information content (AvgIpc) is 3.09. The van der Waals surface area contributed by atoms with Gasteiger partial charge in [-0.2, -0.15) is 0 Å². The Balaban J connectivity index is 1.91. The second kappa shape index (κ2) is 7.11. The van der Waals surface area contributed by atoms with Crippen LogP contribution in [0.1, 0.15) is 23.6 Å². The fourth-order valence-electron chi connectivity index (χ4n) is 2.71. The monoisotopic (exact) mass is 333 g/mol. The molecule has 0 radical (unpaired) electrons. The van der Waals surface area contributed by atoms with Crippen molar-refractivity contribution in [2.45, 2.75) is 12.5 Å². The van der Waals surface area contributed by atoms with E-state index < -0.39 is 6.04 Å². The summed E-state index contributed by atoms with van der Waals surface area (Å²) in [5, 5.41) is 3.59. The fourth-order valence-corrected chi connectivity index (χ4v) is 2.95. The van der Waals surface area contributed by atoms with Gasteiger partial charge < -0.3 is 10.1 Å². The second-order valence-electron chi connectivity index (χ2n) is 5.58. The van der Waals surface area contributed by atoms with Crippen molar-refractivity contribution < 1.29 is 13.9 Å². The quantitative estimate of drug-likeness (QED) is 0.926. The zero-order valence-electron chi connectivity index (χ0n) is 12.5. The van der Waals surface area contributed by atoms with Crippen LogP contribution in [0.15, 0.2) is 48.5 Å². The van der Waals surface area contributed by atoms with Crippen LogP contribution in [0.3, 0.4) is 0 Å². The molecule has 2 aromatic rings. The van der Waals surface area contributed by atoms with Crippen molar-refractivity contribution in [3.8, 4) is 0 Å². The van der Waals surface area contributed by atoms with Gasteiger partial charge in [0, 0.05) is 11.6 Å². The molecule has 120 valence electrons. The number of rotatable bonds is 4. The number of carbonyl (C=O) groups is 1. The molecule has 1 heterocycles. The molecule has 1 aliphatic heterocycles. The van der Waals surface area contributed by atoms with Crippen molar-refractivity contribution in [3.05, 3.63) is 70.5 Å². The highest BCUT2D eigenvalue weighted by molar-refractivity contribution is 6.31. The number of hydrogen-bond donors (Lipinski definition) is 1. The number of amides is 1. The minimum absolute atomic E-state index is 0.0725. The third kappa shape index (κ3) is 3.71. The summed E-state index contributed by atoms with van der Waals surface area (Å²) in [4.78, 5) is 12.5. The molecule has 0 aliphatic carbocycles. The lowest BCUT2D eigenvalue weighted by molar-refractivity contribution is -0.125. The van der Waals surface area contributed by atoms with Crippen LogP contribution in [0.25, 0.3) is 0 Å². The summed E-state index contributed by atoms with van der Waals surface area (Å²) in [6.07, 6.45) is 0.713. The Hall–Kier alpha value is -1.91. The zero-order valence-corrected chi connectivity index (χ0v) is 13.2. The van der Waals surface area contributed by atoms with E-state index in [1.54, 1.807) is 18.2 Å². The maximum Gasteiger partial charge on any atom is 0.226 e. The highest BCUT2D eigenvalue weighted by Gasteiger charge is 2.27. The summed E-state index contributed by atoms with van der Waals surface area (Å²) in [5.74, 6) is -0.542. The number of nitrogens with one attached hydrogen (secondary N) is 1. The van der Waals surface area contributed by atoms with Crippen molar-refractivity contribution in [3.63, 3.8) is 0 Å². The van der Waals surface area contributed by atoms with Crippen molar-refractivity contribution in [1.82, 2.24) is 5.32 Å². The fraction of sp³-hybridized carbons (Fsp3) is 0.278. The average molecular weight is 334 g/mol. The Labute approximate surface area is 139 Å². The zero-order chi connectivity index (χ0) is 16.2. The Morgan fingerprint density at radius 3 is 2.61 bits per heavy atom. The third-order valence-electron chi connectivity index (χ3n) is 4.01. The maximum atomic E-state index is 13.2. The first-order chi connectivity index (χ1) is 11.1. The summed E-state index contributed by atoms with van der Waals surface area (Å²) in [6, 6.07) is 13.0.